The van der Waals surface area contributed by atoms with Gasteiger partial charge < -0.3 is 4.57 Å². The highest BCUT2D eigenvalue weighted by molar-refractivity contribution is 7.99. The fourth-order valence-corrected chi connectivity index (χ4v) is 7.17. The molecule has 1 aromatic carbocycles. The Morgan fingerprint density at radius 3 is 2.33 bits per heavy atom. The van der Waals surface area contributed by atoms with Crippen molar-refractivity contribution in [2.24, 2.45) is 23.2 Å². The van der Waals surface area contributed by atoms with E-state index in [4.69, 9.17) is 0 Å². The third kappa shape index (κ3) is 3.24. The van der Waals surface area contributed by atoms with Gasteiger partial charge in [0.05, 0.1) is 12.3 Å². The smallest absolute Gasteiger partial charge is 0.191 e. The van der Waals surface area contributed by atoms with Gasteiger partial charge in [-0.15, -0.1) is 10.2 Å². The first-order chi connectivity index (χ1) is 13.1. The van der Waals surface area contributed by atoms with E-state index >= 15 is 0 Å². The van der Waals surface area contributed by atoms with E-state index in [1.54, 1.807) is 11.8 Å². The second-order valence-corrected chi connectivity index (χ2v) is 9.95. The SMILES string of the molecule is Cc1nnc(SCC(=O)C23CC4CC(CC(C4)C2)C3)n1Cc1ccccc1. The molecule has 0 N–H and O–H groups in total. The molecule has 0 amide bonds. The lowest BCUT2D eigenvalue weighted by atomic mass is 9.48. The van der Waals surface area contributed by atoms with Gasteiger partial charge in [-0.2, -0.15) is 0 Å². The van der Waals surface area contributed by atoms with Crippen LogP contribution in [0.3, 0.4) is 0 Å². The molecular weight excluding hydrogens is 354 g/mol. The topological polar surface area (TPSA) is 47.8 Å². The molecule has 0 atom stereocenters. The van der Waals surface area contributed by atoms with Crippen LogP contribution in [0.1, 0.15) is 49.9 Å². The average molecular weight is 382 g/mol. The Labute approximate surface area is 165 Å². The van der Waals surface area contributed by atoms with E-state index in [9.17, 15) is 4.79 Å². The molecule has 0 radical (unpaired) electrons. The van der Waals surface area contributed by atoms with Gasteiger partial charge in [0, 0.05) is 5.41 Å². The van der Waals surface area contributed by atoms with E-state index in [2.05, 4.69) is 39.0 Å². The number of nitrogens with zero attached hydrogens (tertiary/aromatic N) is 3. The molecule has 0 unspecified atom stereocenters. The number of ketones is 1. The fraction of sp³-hybridized carbons (Fsp3) is 0.591. The van der Waals surface area contributed by atoms with E-state index < -0.39 is 0 Å². The van der Waals surface area contributed by atoms with E-state index in [1.165, 1.54) is 24.8 Å². The quantitative estimate of drug-likeness (QED) is 0.691. The van der Waals surface area contributed by atoms with Crippen LogP contribution in [-0.4, -0.2) is 26.3 Å². The van der Waals surface area contributed by atoms with Gasteiger partial charge in [0.1, 0.15) is 11.6 Å². The standard InChI is InChI=1S/C22H27N3OS/c1-15-23-24-21(25(15)13-16-5-3-2-4-6-16)27-14-20(26)22-10-17-7-18(11-22)9-19(8-17)12-22/h2-6,17-19H,7-14H2,1H3. The molecule has 4 aliphatic rings. The second-order valence-electron chi connectivity index (χ2n) is 9.01. The highest BCUT2D eigenvalue weighted by Crippen LogP contribution is 2.60. The maximum absolute atomic E-state index is 13.3. The van der Waals surface area contributed by atoms with Crippen LogP contribution in [0.25, 0.3) is 0 Å². The van der Waals surface area contributed by atoms with Gasteiger partial charge in [0.25, 0.3) is 0 Å². The van der Waals surface area contributed by atoms with E-state index in [0.717, 1.165) is 54.5 Å². The van der Waals surface area contributed by atoms with Crippen LogP contribution in [-0.2, 0) is 11.3 Å². The molecule has 0 saturated heterocycles. The lowest BCUT2D eigenvalue weighted by molar-refractivity contribution is -0.141. The summed E-state index contributed by atoms with van der Waals surface area (Å²) < 4.78 is 2.13. The van der Waals surface area contributed by atoms with Crippen LogP contribution >= 0.6 is 11.8 Å². The number of carbonyl (C=O) groups excluding carboxylic acids is 1. The lowest BCUT2D eigenvalue weighted by Crippen LogP contribution is -2.50. The molecule has 6 rings (SSSR count). The molecule has 1 heterocycles. The second kappa shape index (κ2) is 6.77. The Hall–Kier alpha value is -1.62. The predicted molar refractivity (Wildman–Crippen MR) is 107 cm³/mol. The molecule has 4 aliphatic carbocycles. The van der Waals surface area contributed by atoms with E-state index in [-0.39, 0.29) is 5.41 Å². The summed E-state index contributed by atoms with van der Waals surface area (Å²) in [4.78, 5) is 13.3. The van der Waals surface area contributed by atoms with Crippen LogP contribution in [0.2, 0.25) is 0 Å². The largest absolute Gasteiger partial charge is 0.302 e. The zero-order valence-electron chi connectivity index (χ0n) is 15.9. The third-order valence-corrected chi connectivity index (χ3v) is 8.01. The van der Waals surface area contributed by atoms with Gasteiger partial charge in [-0.05, 0) is 68.8 Å². The van der Waals surface area contributed by atoms with Crippen LogP contribution in [0.4, 0.5) is 0 Å². The van der Waals surface area contributed by atoms with Crippen LogP contribution in [0, 0.1) is 30.1 Å². The maximum Gasteiger partial charge on any atom is 0.191 e. The van der Waals surface area contributed by atoms with E-state index in [0.29, 0.717) is 11.5 Å². The third-order valence-electron chi connectivity index (χ3n) is 7.05. The number of thioether (sulfide) groups is 1. The van der Waals surface area contributed by atoms with Gasteiger partial charge in [-0.25, -0.2) is 0 Å². The van der Waals surface area contributed by atoms with Crippen molar-refractivity contribution in [2.45, 2.75) is 57.1 Å². The van der Waals surface area contributed by atoms with Crippen molar-refractivity contribution in [3.63, 3.8) is 0 Å². The van der Waals surface area contributed by atoms with Crippen molar-refractivity contribution in [1.82, 2.24) is 14.8 Å². The Balaban J connectivity index is 1.29. The lowest BCUT2D eigenvalue weighted by Gasteiger charge is -2.56. The normalized spacial score (nSPS) is 31.4. The first-order valence-corrected chi connectivity index (χ1v) is 11.2. The van der Waals surface area contributed by atoms with Crippen LogP contribution < -0.4 is 0 Å². The van der Waals surface area contributed by atoms with Crippen molar-refractivity contribution < 1.29 is 4.79 Å². The number of aryl methyl sites for hydroxylation is 1. The van der Waals surface area contributed by atoms with Gasteiger partial charge in [0.2, 0.25) is 0 Å². The van der Waals surface area contributed by atoms with Gasteiger partial charge in [-0.1, -0.05) is 42.1 Å². The van der Waals surface area contributed by atoms with Crippen LogP contribution in [0.5, 0.6) is 0 Å². The number of aromatic nitrogens is 3. The minimum absolute atomic E-state index is 0.0128. The number of carbonyl (C=O) groups is 1. The maximum atomic E-state index is 13.3. The minimum Gasteiger partial charge on any atom is -0.302 e. The number of Topliss-reactive ketones (excluding diaryl/α,β-unsaturated/α-hetero) is 1. The van der Waals surface area contributed by atoms with Crippen molar-refractivity contribution in [3.8, 4) is 0 Å². The highest BCUT2D eigenvalue weighted by Gasteiger charge is 2.54. The number of hydrogen-bond acceptors (Lipinski definition) is 4. The zero-order chi connectivity index (χ0) is 18.4. The first-order valence-electron chi connectivity index (χ1n) is 10.2. The zero-order valence-corrected chi connectivity index (χ0v) is 16.8. The molecule has 4 nitrogen and oxygen atoms in total. The monoisotopic (exact) mass is 381 g/mol. The first kappa shape index (κ1) is 17.5. The summed E-state index contributed by atoms with van der Waals surface area (Å²) in [6.45, 7) is 2.74. The minimum atomic E-state index is -0.0128. The summed E-state index contributed by atoms with van der Waals surface area (Å²) in [5.41, 5.74) is 1.22. The molecule has 4 saturated carbocycles. The molecular formula is C22H27N3OS. The molecule has 5 heteroatoms. The molecule has 0 spiro atoms. The predicted octanol–water partition coefficient (Wildman–Crippen LogP) is 4.51. The Morgan fingerprint density at radius 1 is 1.07 bits per heavy atom. The number of benzene rings is 1. The van der Waals surface area contributed by atoms with Gasteiger partial charge in [0.15, 0.2) is 5.16 Å². The molecule has 4 fully saturated rings. The molecule has 1 aromatic heterocycles. The van der Waals surface area contributed by atoms with Crippen molar-refractivity contribution in [3.05, 3.63) is 41.7 Å². The highest BCUT2D eigenvalue weighted by atomic mass is 32.2. The van der Waals surface area contributed by atoms with Crippen molar-refractivity contribution in [2.75, 3.05) is 5.75 Å². The molecule has 27 heavy (non-hydrogen) atoms. The Morgan fingerprint density at radius 2 is 1.70 bits per heavy atom. The Bertz CT molecular complexity index is 809. The Kier molecular flexibility index (Phi) is 4.38. The van der Waals surface area contributed by atoms with Crippen molar-refractivity contribution >= 4 is 17.5 Å². The van der Waals surface area contributed by atoms with Crippen molar-refractivity contribution in [1.29, 1.82) is 0 Å². The summed E-state index contributed by atoms with van der Waals surface area (Å²) >= 11 is 1.58. The van der Waals surface area contributed by atoms with Crippen LogP contribution in [0.15, 0.2) is 35.5 Å². The molecule has 2 aromatic rings. The number of hydrogen-bond donors (Lipinski definition) is 0. The summed E-state index contributed by atoms with van der Waals surface area (Å²) in [6, 6.07) is 10.4. The number of rotatable bonds is 6. The fourth-order valence-electron chi connectivity index (χ4n) is 6.15. The van der Waals surface area contributed by atoms with E-state index in [1.807, 2.05) is 13.0 Å². The average Bonchev–Trinajstić information content (AvgIpc) is 2.99. The summed E-state index contributed by atoms with van der Waals surface area (Å²) in [5.74, 6) is 4.36. The summed E-state index contributed by atoms with van der Waals surface area (Å²) in [7, 11) is 0. The molecule has 0 aliphatic heterocycles. The molecule has 4 bridgehead atoms. The van der Waals surface area contributed by atoms with Gasteiger partial charge in [-0.3, -0.25) is 4.79 Å². The van der Waals surface area contributed by atoms with Gasteiger partial charge >= 0.3 is 0 Å². The molecule has 142 valence electrons. The summed E-state index contributed by atoms with van der Waals surface area (Å²) in [5, 5.41) is 9.49. The summed E-state index contributed by atoms with van der Waals surface area (Å²) in [6.07, 6.45) is 7.58.